The van der Waals surface area contributed by atoms with Crippen molar-refractivity contribution in [1.29, 1.82) is 0 Å². The number of nitrogens with one attached hydrogen (secondary N) is 3. The standard InChI is InChI=1S/C29H31N5O6/c1-5-13-34-16-20(21-9-7-8-10-22(21)34)15-30-33-25(35)17-40-23-12-11-19(14-24(23)39-6-2)27-26(28(36)38-4)18(3)31-29(37)32-27/h1,7-12,14-16,25,27,33,35H,6,13,17H2,2-4H3,(H2,31,32,37)/b30-15+/t25-,27+/m0/s1. The SMILES string of the molecule is C#CCn1cc(/C=N/N[C@@H](O)COc2ccc([C@H]3NC(=O)NC(C)=C3C(=O)OC)cc2OCC)c2ccccc21. The third-order valence-corrected chi connectivity index (χ3v) is 6.18. The van der Waals surface area contributed by atoms with Gasteiger partial charge in [-0.25, -0.2) is 9.59 Å². The van der Waals surface area contributed by atoms with Crippen LogP contribution >= 0.6 is 0 Å². The maximum atomic E-state index is 12.4. The van der Waals surface area contributed by atoms with Gasteiger partial charge in [0.05, 0.1) is 38.1 Å². The molecule has 0 saturated heterocycles. The highest BCUT2D eigenvalue weighted by Crippen LogP contribution is 2.35. The van der Waals surface area contributed by atoms with Crippen molar-refractivity contribution >= 4 is 29.1 Å². The van der Waals surface area contributed by atoms with E-state index in [0.29, 0.717) is 35.9 Å². The number of hydrogen-bond donors (Lipinski definition) is 4. The highest BCUT2D eigenvalue weighted by molar-refractivity contribution is 5.99. The van der Waals surface area contributed by atoms with Crippen molar-refractivity contribution in [1.82, 2.24) is 20.6 Å². The molecule has 11 nitrogen and oxygen atoms in total. The quantitative estimate of drug-likeness (QED) is 0.0957. The molecule has 2 heterocycles. The fourth-order valence-electron chi connectivity index (χ4n) is 4.42. The number of nitrogens with zero attached hydrogens (tertiary/aromatic N) is 2. The molecule has 1 aliphatic rings. The largest absolute Gasteiger partial charge is 0.490 e. The van der Waals surface area contributed by atoms with Crippen LogP contribution in [-0.2, 0) is 16.1 Å². The van der Waals surface area contributed by atoms with Crippen LogP contribution in [0.5, 0.6) is 11.5 Å². The molecule has 4 N–H and O–H groups in total. The molecule has 4 rings (SSSR count). The second-order valence-electron chi connectivity index (χ2n) is 8.85. The van der Waals surface area contributed by atoms with Crippen LogP contribution in [0.15, 0.2) is 65.0 Å². The number of hydrogen-bond acceptors (Lipinski definition) is 8. The number of amides is 2. The summed E-state index contributed by atoms with van der Waals surface area (Å²) in [5.74, 6) is 2.82. The number of rotatable bonds is 11. The van der Waals surface area contributed by atoms with E-state index in [9.17, 15) is 14.7 Å². The van der Waals surface area contributed by atoms with Gasteiger partial charge in [0, 0.05) is 28.4 Å². The number of ether oxygens (including phenoxy) is 3. The number of hydrazone groups is 1. The van der Waals surface area contributed by atoms with Crippen molar-refractivity contribution in [2.75, 3.05) is 20.3 Å². The van der Waals surface area contributed by atoms with Gasteiger partial charge in [-0.15, -0.1) is 6.42 Å². The smallest absolute Gasteiger partial charge is 0.337 e. The molecular weight excluding hydrogens is 514 g/mol. The zero-order valence-corrected chi connectivity index (χ0v) is 22.4. The summed E-state index contributed by atoms with van der Waals surface area (Å²) in [5.41, 5.74) is 5.76. The molecule has 40 heavy (non-hydrogen) atoms. The maximum Gasteiger partial charge on any atom is 0.337 e. The normalized spacial score (nSPS) is 15.8. The second-order valence-corrected chi connectivity index (χ2v) is 8.85. The number of carbonyl (C=O) groups excluding carboxylic acids is 2. The molecule has 3 aromatic rings. The summed E-state index contributed by atoms with van der Waals surface area (Å²) in [5, 5.41) is 20.9. The molecule has 1 aromatic heterocycles. The molecule has 0 radical (unpaired) electrons. The highest BCUT2D eigenvalue weighted by Gasteiger charge is 2.32. The first-order chi connectivity index (χ1) is 19.4. The molecule has 2 amide bonds. The summed E-state index contributed by atoms with van der Waals surface area (Å²) in [6.07, 6.45) is 7.88. The molecule has 0 spiro atoms. The minimum atomic E-state index is -1.12. The first-order valence-corrected chi connectivity index (χ1v) is 12.6. The molecule has 0 bridgehead atoms. The van der Waals surface area contributed by atoms with E-state index in [-0.39, 0.29) is 12.2 Å². The number of terminal acetylenes is 1. The number of urea groups is 1. The van der Waals surface area contributed by atoms with E-state index in [4.69, 9.17) is 20.6 Å². The van der Waals surface area contributed by atoms with E-state index in [1.165, 1.54) is 7.11 Å². The number of methoxy groups -OCH3 is 1. The Kier molecular flexibility index (Phi) is 8.93. The summed E-state index contributed by atoms with van der Waals surface area (Å²) in [4.78, 5) is 24.5. The Bertz CT molecular complexity index is 1500. The van der Waals surface area contributed by atoms with Gasteiger partial charge >= 0.3 is 12.0 Å². The molecule has 0 fully saturated rings. The Hall–Kier alpha value is -4.95. The topological polar surface area (TPSA) is 135 Å². The minimum Gasteiger partial charge on any atom is -0.490 e. The van der Waals surface area contributed by atoms with Crippen LogP contribution in [0.3, 0.4) is 0 Å². The van der Waals surface area contributed by atoms with Crippen LogP contribution < -0.4 is 25.5 Å². The molecule has 0 unspecified atom stereocenters. The van der Waals surface area contributed by atoms with Crippen LogP contribution in [0.25, 0.3) is 10.9 Å². The van der Waals surface area contributed by atoms with Crippen LogP contribution in [-0.4, -0.2) is 54.4 Å². The number of esters is 1. The third kappa shape index (κ3) is 6.19. The molecule has 0 aliphatic carbocycles. The molecule has 1 aliphatic heterocycles. The number of aliphatic hydroxyl groups excluding tert-OH is 1. The molecule has 0 saturated carbocycles. The Morgan fingerprint density at radius 1 is 1.27 bits per heavy atom. The summed E-state index contributed by atoms with van der Waals surface area (Å²) in [6, 6.07) is 11.7. The molecular formula is C29H31N5O6. The van der Waals surface area contributed by atoms with Crippen molar-refractivity contribution < 1.29 is 28.9 Å². The van der Waals surface area contributed by atoms with Gasteiger partial charge in [-0.1, -0.05) is 30.2 Å². The fourth-order valence-corrected chi connectivity index (χ4v) is 4.42. The number of carbonyl (C=O) groups is 2. The monoisotopic (exact) mass is 545 g/mol. The van der Waals surface area contributed by atoms with E-state index in [0.717, 1.165) is 16.5 Å². The number of benzene rings is 2. The lowest BCUT2D eigenvalue weighted by atomic mass is 9.95. The fraction of sp³-hybridized carbons (Fsp3) is 0.276. The third-order valence-electron chi connectivity index (χ3n) is 6.18. The van der Waals surface area contributed by atoms with Crippen molar-refractivity contribution in [2.24, 2.45) is 5.10 Å². The molecule has 2 atom stereocenters. The minimum absolute atomic E-state index is 0.133. The lowest BCUT2D eigenvalue weighted by molar-refractivity contribution is -0.136. The number of aromatic nitrogens is 1. The average molecular weight is 546 g/mol. The molecule has 208 valence electrons. The van der Waals surface area contributed by atoms with Gasteiger partial charge in [-0.2, -0.15) is 5.10 Å². The van der Waals surface area contributed by atoms with Crippen molar-refractivity contribution in [3.63, 3.8) is 0 Å². The molecule has 2 aromatic carbocycles. The summed E-state index contributed by atoms with van der Waals surface area (Å²) in [7, 11) is 1.28. The average Bonchev–Trinajstić information content (AvgIpc) is 3.29. The second kappa shape index (κ2) is 12.7. The number of fused-ring (bicyclic) bond motifs is 1. The van der Waals surface area contributed by atoms with Crippen LogP contribution in [0.1, 0.15) is 31.0 Å². The van der Waals surface area contributed by atoms with E-state index in [1.807, 2.05) is 42.0 Å². The predicted octanol–water partition coefficient (Wildman–Crippen LogP) is 2.80. The van der Waals surface area contributed by atoms with Crippen molar-refractivity contribution in [2.45, 2.75) is 32.7 Å². The summed E-state index contributed by atoms with van der Waals surface area (Å²) < 4.78 is 18.4. The van der Waals surface area contributed by atoms with Crippen molar-refractivity contribution in [3.8, 4) is 23.8 Å². The Morgan fingerprint density at radius 2 is 2.08 bits per heavy atom. The van der Waals surface area contributed by atoms with Gasteiger partial charge < -0.3 is 34.5 Å². The van der Waals surface area contributed by atoms with E-state index in [1.54, 1.807) is 31.3 Å². The summed E-state index contributed by atoms with van der Waals surface area (Å²) in [6.45, 7) is 4.09. The van der Waals surface area contributed by atoms with Gasteiger partial charge in [0.1, 0.15) is 6.61 Å². The van der Waals surface area contributed by atoms with Crippen LogP contribution in [0.2, 0.25) is 0 Å². The van der Waals surface area contributed by atoms with Crippen molar-refractivity contribution in [3.05, 3.63) is 71.1 Å². The predicted molar refractivity (Wildman–Crippen MR) is 150 cm³/mol. The lowest BCUT2D eigenvalue weighted by Crippen LogP contribution is -2.45. The van der Waals surface area contributed by atoms with Gasteiger partial charge in [-0.05, 0) is 37.6 Å². The zero-order chi connectivity index (χ0) is 28.6. The lowest BCUT2D eigenvalue weighted by Gasteiger charge is -2.28. The first kappa shape index (κ1) is 28.1. The van der Waals surface area contributed by atoms with Gasteiger partial charge in [0.2, 0.25) is 0 Å². The highest BCUT2D eigenvalue weighted by atomic mass is 16.5. The number of aliphatic hydroxyl groups is 1. The van der Waals surface area contributed by atoms with Crippen LogP contribution in [0.4, 0.5) is 4.79 Å². The first-order valence-electron chi connectivity index (χ1n) is 12.6. The van der Waals surface area contributed by atoms with E-state index < -0.39 is 24.3 Å². The molecule has 11 heteroatoms. The summed E-state index contributed by atoms with van der Waals surface area (Å²) >= 11 is 0. The number of allylic oxidation sites excluding steroid dienone is 1. The Labute approximate surface area is 231 Å². The number of para-hydroxylation sites is 1. The van der Waals surface area contributed by atoms with Gasteiger partial charge in [0.15, 0.2) is 17.7 Å². The Balaban J connectivity index is 1.45. The Morgan fingerprint density at radius 3 is 2.83 bits per heavy atom. The van der Waals surface area contributed by atoms with E-state index in [2.05, 4.69) is 27.1 Å². The van der Waals surface area contributed by atoms with Crippen LogP contribution in [0, 0.1) is 12.3 Å². The van der Waals surface area contributed by atoms with Gasteiger partial charge in [-0.3, -0.25) is 5.43 Å². The zero-order valence-electron chi connectivity index (χ0n) is 22.4. The maximum absolute atomic E-state index is 12.4. The van der Waals surface area contributed by atoms with E-state index >= 15 is 0 Å². The van der Waals surface area contributed by atoms with Gasteiger partial charge in [0.25, 0.3) is 0 Å².